The fraction of sp³-hybridized carbons (Fsp3) is 0.333. The monoisotopic (exact) mass is 440 g/mol. The quantitative estimate of drug-likeness (QED) is 0.506. The van der Waals surface area contributed by atoms with E-state index in [2.05, 4.69) is 10.5 Å². The number of methoxy groups -OCH3 is 1. The number of aryl methyl sites for hydroxylation is 2. The average molecular weight is 441 g/mol. The number of amides is 1. The Morgan fingerprint density at radius 1 is 1.19 bits per heavy atom. The number of carbonyl (C=O) groups is 1. The van der Waals surface area contributed by atoms with Crippen LogP contribution in [0.15, 0.2) is 47.0 Å². The summed E-state index contributed by atoms with van der Waals surface area (Å²) in [6.45, 7) is 4.03. The van der Waals surface area contributed by atoms with E-state index in [0.29, 0.717) is 34.6 Å². The number of halogens is 1. The molecule has 2 aromatic carbocycles. The van der Waals surface area contributed by atoms with Gasteiger partial charge in [0.2, 0.25) is 0 Å². The minimum Gasteiger partial charge on any atom is -0.493 e. The molecule has 0 radical (unpaired) electrons. The summed E-state index contributed by atoms with van der Waals surface area (Å²) in [7, 11) is 1.56. The molecule has 1 aromatic heterocycles. The first kappa shape index (κ1) is 21.2. The van der Waals surface area contributed by atoms with Crippen LogP contribution in [0, 0.1) is 19.8 Å². The largest absolute Gasteiger partial charge is 0.493 e. The number of nitrogens with one attached hydrogen (secondary N) is 1. The molecule has 1 aliphatic rings. The maximum absolute atomic E-state index is 13.0. The van der Waals surface area contributed by atoms with Crippen LogP contribution in [-0.2, 0) is 6.61 Å². The third kappa shape index (κ3) is 4.85. The van der Waals surface area contributed by atoms with E-state index in [4.69, 9.17) is 25.6 Å². The highest BCUT2D eigenvalue weighted by Gasteiger charge is 2.33. The van der Waals surface area contributed by atoms with E-state index in [-0.39, 0.29) is 11.9 Å². The molecular weight excluding hydrogens is 416 g/mol. The molecule has 1 unspecified atom stereocenters. The van der Waals surface area contributed by atoms with Crippen molar-refractivity contribution in [3.8, 4) is 11.5 Å². The molecule has 1 saturated carbocycles. The minimum absolute atomic E-state index is 0.0359. The molecule has 31 heavy (non-hydrogen) atoms. The summed E-state index contributed by atoms with van der Waals surface area (Å²) in [5.41, 5.74) is 3.27. The fourth-order valence-corrected chi connectivity index (χ4v) is 3.71. The van der Waals surface area contributed by atoms with Gasteiger partial charge in [0, 0.05) is 10.6 Å². The minimum atomic E-state index is -0.151. The van der Waals surface area contributed by atoms with Gasteiger partial charge in [0.15, 0.2) is 11.5 Å². The zero-order valence-electron chi connectivity index (χ0n) is 17.8. The Kier molecular flexibility index (Phi) is 6.18. The first-order valence-electron chi connectivity index (χ1n) is 10.2. The summed E-state index contributed by atoms with van der Waals surface area (Å²) in [6, 6.07) is 12.8. The molecule has 3 aromatic rings. The Hall–Kier alpha value is -2.99. The van der Waals surface area contributed by atoms with Crippen molar-refractivity contribution >= 4 is 17.5 Å². The van der Waals surface area contributed by atoms with E-state index in [0.717, 1.165) is 35.4 Å². The molecule has 162 valence electrons. The Balaban J connectivity index is 1.48. The second-order valence-corrected chi connectivity index (χ2v) is 8.23. The normalized spacial score (nSPS) is 14.2. The third-order valence-electron chi connectivity index (χ3n) is 5.59. The van der Waals surface area contributed by atoms with Gasteiger partial charge in [0.1, 0.15) is 12.4 Å². The van der Waals surface area contributed by atoms with Crippen molar-refractivity contribution in [1.82, 2.24) is 10.5 Å². The van der Waals surface area contributed by atoms with Gasteiger partial charge in [-0.25, -0.2) is 0 Å². The van der Waals surface area contributed by atoms with Crippen molar-refractivity contribution in [1.29, 1.82) is 0 Å². The number of hydrogen-bond acceptors (Lipinski definition) is 5. The van der Waals surface area contributed by atoms with Crippen molar-refractivity contribution in [2.75, 3.05) is 7.11 Å². The lowest BCUT2D eigenvalue weighted by Crippen LogP contribution is -2.29. The van der Waals surface area contributed by atoms with E-state index in [9.17, 15) is 4.79 Å². The Morgan fingerprint density at radius 3 is 2.55 bits per heavy atom. The van der Waals surface area contributed by atoms with E-state index in [1.165, 1.54) is 0 Å². The summed E-state index contributed by atoms with van der Waals surface area (Å²) < 4.78 is 16.6. The zero-order chi connectivity index (χ0) is 22.0. The van der Waals surface area contributed by atoms with Crippen LogP contribution in [0.5, 0.6) is 11.5 Å². The highest BCUT2D eigenvalue weighted by molar-refractivity contribution is 6.30. The topological polar surface area (TPSA) is 73.6 Å². The van der Waals surface area contributed by atoms with E-state index in [1.807, 2.05) is 38.1 Å². The number of rotatable bonds is 8. The predicted molar refractivity (Wildman–Crippen MR) is 118 cm³/mol. The van der Waals surface area contributed by atoms with Crippen LogP contribution in [0.2, 0.25) is 5.02 Å². The molecule has 0 spiro atoms. The van der Waals surface area contributed by atoms with Crippen molar-refractivity contribution < 1.29 is 18.8 Å². The summed E-state index contributed by atoms with van der Waals surface area (Å²) in [6.07, 6.45) is 2.21. The van der Waals surface area contributed by atoms with Gasteiger partial charge in [-0.1, -0.05) is 28.9 Å². The lowest BCUT2D eigenvalue weighted by molar-refractivity contribution is 0.0931. The van der Waals surface area contributed by atoms with Crippen LogP contribution in [0.25, 0.3) is 0 Å². The molecule has 0 bridgehead atoms. The standard InChI is InChI=1S/C24H25ClN2O4/c1-14-20(15(2)31-27-14)13-30-21-11-8-18(12-22(21)29-3)24(28)26-23(16-4-5-16)17-6-9-19(25)10-7-17/h6-12,16,23H,4-5,13H2,1-3H3,(H,26,28). The second-order valence-electron chi connectivity index (χ2n) is 7.80. The molecule has 1 heterocycles. The fourth-order valence-electron chi connectivity index (χ4n) is 3.58. The molecule has 1 atom stereocenters. The molecule has 1 fully saturated rings. The number of hydrogen-bond donors (Lipinski definition) is 1. The first-order chi connectivity index (χ1) is 15.0. The van der Waals surface area contributed by atoms with Gasteiger partial charge < -0.3 is 19.3 Å². The third-order valence-corrected chi connectivity index (χ3v) is 5.84. The molecule has 1 aliphatic carbocycles. The van der Waals surface area contributed by atoms with Crippen LogP contribution < -0.4 is 14.8 Å². The summed E-state index contributed by atoms with van der Waals surface area (Å²) in [4.78, 5) is 13.0. The molecule has 0 saturated heterocycles. The maximum atomic E-state index is 13.0. The number of carbonyl (C=O) groups excluding carboxylic acids is 1. The highest BCUT2D eigenvalue weighted by atomic mass is 35.5. The van der Waals surface area contributed by atoms with Crippen molar-refractivity contribution in [2.45, 2.75) is 39.3 Å². The van der Waals surface area contributed by atoms with Gasteiger partial charge in [-0.05, 0) is 68.5 Å². The highest BCUT2D eigenvalue weighted by Crippen LogP contribution is 2.41. The molecule has 1 amide bonds. The second kappa shape index (κ2) is 9.02. The van der Waals surface area contributed by atoms with Crippen LogP contribution in [0.3, 0.4) is 0 Å². The SMILES string of the molecule is COc1cc(C(=O)NC(c2ccc(Cl)cc2)C2CC2)ccc1OCc1c(C)noc1C. The molecular formula is C24H25ClN2O4. The van der Waals surface area contributed by atoms with Gasteiger partial charge in [0.25, 0.3) is 5.91 Å². The Bertz CT molecular complexity index is 1050. The smallest absolute Gasteiger partial charge is 0.251 e. The van der Waals surface area contributed by atoms with Crippen LogP contribution in [0.4, 0.5) is 0 Å². The lowest BCUT2D eigenvalue weighted by atomic mass is 10.0. The van der Waals surface area contributed by atoms with E-state index in [1.54, 1.807) is 25.3 Å². The van der Waals surface area contributed by atoms with Crippen LogP contribution >= 0.6 is 11.6 Å². The maximum Gasteiger partial charge on any atom is 0.251 e. The van der Waals surface area contributed by atoms with Crippen molar-refractivity contribution in [3.05, 3.63) is 75.6 Å². The van der Waals surface area contributed by atoms with Gasteiger partial charge in [-0.2, -0.15) is 0 Å². The van der Waals surface area contributed by atoms with Gasteiger partial charge >= 0.3 is 0 Å². The summed E-state index contributed by atoms with van der Waals surface area (Å²) >= 11 is 6.02. The molecule has 6 nitrogen and oxygen atoms in total. The van der Waals surface area contributed by atoms with Crippen LogP contribution in [0.1, 0.15) is 51.8 Å². The number of aromatic nitrogens is 1. The Labute approximate surface area is 186 Å². The number of nitrogens with zero attached hydrogens (tertiary/aromatic N) is 1. The van der Waals surface area contributed by atoms with Crippen molar-refractivity contribution in [3.63, 3.8) is 0 Å². The van der Waals surface area contributed by atoms with Crippen molar-refractivity contribution in [2.24, 2.45) is 5.92 Å². The van der Waals surface area contributed by atoms with Gasteiger partial charge in [-0.15, -0.1) is 0 Å². The van der Waals surface area contributed by atoms with E-state index >= 15 is 0 Å². The Morgan fingerprint density at radius 2 is 1.94 bits per heavy atom. The predicted octanol–water partition coefficient (Wildman–Crippen LogP) is 5.41. The van der Waals surface area contributed by atoms with Gasteiger partial charge in [-0.3, -0.25) is 4.79 Å². The number of ether oxygens (including phenoxy) is 2. The average Bonchev–Trinajstić information content (AvgIpc) is 3.57. The molecule has 7 heteroatoms. The lowest BCUT2D eigenvalue weighted by Gasteiger charge is -2.19. The van der Waals surface area contributed by atoms with Crippen LogP contribution in [-0.4, -0.2) is 18.2 Å². The summed E-state index contributed by atoms with van der Waals surface area (Å²) in [5.74, 6) is 2.07. The van der Waals surface area contributed by atoms with E-state index < -0.39 is 0 Å². The summed E-state index contributed by atoms with van der Waals surface area (Å²) in [5, 5.41) is 7.79. The zero-order valence-corrected chi connectivity index (χ0v) is 18.5. The first-order valence-corrected chi connectivity index (χ1v) is 10.6. The van der Waals surface area contributed by atoms with Gasteiger partial charge in [0.05, 0.1) is 24.4 Å². The molecule has 1 N–H and O–H groups in total. The number of benzene rings is 2. The molecule has 0 aliphatic heterocycles. The molecule has 4 rings (SSSR count).